The second-order valence-corrected chi connectivity index (χ2v) is 5.12. The molecule has 0 radical (unpaired) electrons. The van der Waals surface area contributed by atoms with E-state index >= 15 is 0 Å². The molecule has 0 bridgehead atoms. The number of ether oxygens (including phenoxy) is 1. The number of nitrogens with one attached hydrogen (secondary N) is 2. The zero-order valence-corrected chi connectivity index (χ0v) is 12.4. The van der Waals surface area contributed by atoms with E-state index in [0.717, 1.165) is 0 Å². The minimum absolute atomic E-state index is 0.232. The highest BCUT2D eigenvalue weighted by Crippen LogP contribution is 2.10. The molecule has 5 nitrogen and oxygen atoms in total. The topological polar surface area (TPSA) is 67.4 Å². The number of carbonyl (C=O) groups is 2. The lowest BCUT2D eigenvalue weighted by atomic mass is 10.2. The number of carbonyl (C=O) groups excluding carboxylic acids is 2. The number of alkyl carbamates (subject to hydrolysis) is 1. The summed E-state index contributed by atoms with van der Waals surface area (Å²) in [6.07, 6.45) is -0.476. The van der Waals surface area contributed by atoms with Gasteiger partial charge in [-0.05, 0) is 24.1 Å². The Morgan fingerprint density at radius 2 is 1.95 bits per heavy atom. The summed E-state index contributed by atoms with van der Waals surface area (Å²) in [5, 5.41) is 5.74. The number of halogens is 1. The van der Waals surface area contributed by atoms with E-state index in [1.54, 1.807) is 24.3 Å². The predicted octanol–water partition coefficient (Wildman–Crippen LogP) is 2.45. The van der Waals surface area contributed by atoms with Gasteiger partial charge in [0.2, 0.25) is 0 Å². The minimum atomic E-state index is -0.476. The van der Waals surface area contributed by atoms with Crippen molar-refractivity contribution in [3.05, 3.63) is 34.9 Å². The van der Waals surface area contributed by atoms with Gasteiger partial charge in [-0.15, -0.1) is 0 Å². The van der Waals surface area contributed by atoms with Crippen LogP contribution in [0.1, 0.15) is 24.2 Å². The Kier molecular flexibility index (Phi) is 6.87. The Labute approximate surface area is 123 Å². The Bertz CT molecular complexity index is 463. The highest BCUT2D eigenvalue weighted by Gasteiger charge is 2.06. The lowest BCUT2D eigenvalue weighted by Crippen LogP contribution is -2.35. The standard InChI is InChI=1S/C14H19ClN2O3/c1-10(2)9-20-14(19)17-7-6-16-13(18)11-4-3-5-12(15)8-11/h3-5,8,10H,6-7,9H2,1-2H3,(H,16,18)(H,17,19). The molecule has 0 saturated heterocycles. The maximum atomic E-state index is 11.7. The SMILES string of the molecule is CC(C)COC(=O)NCCNC(=O)c1cccc(Cl)c1. The van der Waals surface area contributed by atoms with E-state index in [2.05, 4.69) is 10.6 Å². The van der Waals surface area contributed by atoms with Gasteiger partial charge < -0.3 is 15.4 Å². The smallest absolute Gasteiger partial charge is 0.407 e. The van der Waals surface area contributed by atoms with Crippen LogP contribution in [0.3, 0.4) is 0 Å². The fourth-order valence-corrected chi connectivity index (χ4v) is 1.56. The molecule has 1 aromatic rings. The molecule has 0 aliphatic heterocycles. The summed E-state index contributed by atoms with van der Waals surface area (Å²) in [5.41, 5.74) is 0.486. The Morgan fingerprint density at radius 1 is 1.25 bits per heavy atom. The van der Waals surface area contributed by atoms with Crippen LogP contribution in [0.4, 0.5) is 4.79 Å². The average Bonchev–Trinajstić information content (AvgIpc) is 2.41. The molecule has 0 saturated carbocycles. The minimum Gasteiger partial charge on any atom is -0.449 e. The van der Waals surface area contributed by atoms with Crippen LogP contribution in [-0.2, 0) is 4.74 Å². The predicted molar refractivity (Wildman–Crippen MR) is 78.0 cm³/mol. The zero-order chi connectivity index (χ0) is 15.0. The van der Waals surface area contributed by atoms with Crippen LogP contribution in [0.15, 0.2) is 24.3 Å². The molecule has 0 heterocycles. The maximum Gasteiger partial charge on any atom is 0.407 e. The molecule has 1 aromatic carbocycles. The summed E-state index contributed by atoms with van der Waals surface area (Å²) >= 11 is 5.80. The first-order valence-corrected chi connectivity index (χ1v) is 6.81. The first kappa shape index (κ1) is 16.3. The Balaban J connectivity index is 2.21. The molecule has 2 N–H and O–H groups in total. The molecular formula is C14H19ClN2O3. The number of amides is 2. The monoisotopic (exact) mass is 298 g/mol. The van der Waals surface area contributed by atoms with Gasteiger partial charge in [-0.25, -0.2) is 4.79 Å². The zero-order valence-electron chi connectivity index (χ0n) is 11.6. The largest absolute Gasteiger partial charge is 0.449 e. The van der Waals surface area contributed by atoms with E-state index in [1.807, 2.05) is 13.8 Å². The summed E-state index contributed by atoms with van der Waals surface area (Å²) in [6.45, 7) is 4.92. The third-order valence-electron chi connectivity index (χ3n) is 2.31. The second-order valence-electron chi connectivity index (χ2n) is 4.69. The van der Waals surface area contributed by atoms with E-state index in [4.69, 9.17) is 16.3 Å². The lowest BCUT2D eigenvalue weighted by molar-refractivity contribution is 0.0951. The summed E-state index contributed by atoms with van der Waals surface area (Å²) in [4.78, 5) is 23.0. The van der Waals surface area contributed by atoms with E-state index in [1.165, 1.54) is 0 Å². The molecule has 0 atom stereocenters. The summed E-state index contributed by atoms with van der Waals surface area (Å²) in [6, 6.07) is 6.66. The van der Waals surface area contributed by atoms with Crippen molar-refractivity contribution in [2.45, 2.75) is 13.8 Å². The van der Waals surface area contributed by atoms with Crippen LogP contribution in [0.25, 0.3) is 0 Å². The van der Waals surface area contributed by atoms with Crippen LogP contribution in [-0.4, -0.2) is 31.7 Å². The van der Waals surface area contributed by atoms with Gasteiger partial charge in [0.25, 0.3) is 5.91 Å². The van der Waals surface area contributed by atoms with Gasteiger partial charge in [0, 0.05) is 23.7 Å². The molecule has 0 aromatic heterocycles. The summed E-state index contributed by atoms with van der Waals surface area (Å²) in [7, 11) is 0. The van der Waals surface area contributed by atoms with Gasteiger partial charge in [0.05, 0.1) is 6.61 Å². The van der Waals surface area contributed by atoms with E-state index in [9.17, 15) is 9.59 Å². The highest BCUT2D eigenvalue weighted by atomic mass is 35.5. The fraction of sp³-hybridized carbons (Fsp3) is 0.429. The summed E-state index contributed by atoms with van der Waals surface area (Å²) < 4.78 is 4.93. The summed E-state index contributed by atoms with van der Waals surface area (Å²) in [5.74, 6) is 0.0631. The second kappa shape index (κ2) is 8.43. The molecular weight excluding hydrogens is 280 g/mol. The third-order valence-corrected chi connectivity index (χ3v) is 2.55. The average molecular weight is 299 g/mol. The Morgan fingerprint density at radius 3 is 2.60 bits per heavy atom. The van der Waals surface area contributed by atoms with E-state index in [-0.39, 0.29) is 5.91 Å². The van der Waals surface area contributed by atoms with Crippen LogP contribution in [0.5, 0.6) is 0 Å². The van der Waals surface area contributed by atoms with Crippen molar-refractivity contribution in [1.82, 2.24) is 10.6 Å². The molecule has 0 unspecified atom stereocenters. The maximum absolute atomic E-state index is 11.7. The van der Waals surface area contributed by atoms with Gasteiger partial charge in [0.1, 0.15) is 0 Å². The van der Waals surface area contributed by atoms with Crippen LogP contribution in [0.2, 0.25) is 5.02 Å². The Hall–Kier alpha value is -1.75. The molecule has 1 rings (SSSR count). The highest BCUT2D eigenvalue weighted by molar-refractivity contribution is 6.30. The van der Waals surface area contributed by atoms with E-state index in [0.29, 0.717) is 36.2 Å². The normalized spacial score (nSPS) is 10.2. The van der Waals surface area contributed by atoms with Crippen LogP contribution < -0.4 is 10.6 Å². The van der Waals surface area contributed by atoms with Crippen molar-refractivity contribution >= 4 is 23.6 Å². The van der Waals surface area contributed by atoms with Crippen molar-refractivity contribution in [2.24, 2.45) is 5.92 Å². The molecule has 0 spiro atoms. The van der Waals surface area contributed by atoms with Crippen molar-refractivity contribution in [3.8, 4) is 0 Å². The number of benzene rings is 1. The first-order valence-electron chi connectivity index (χ1n) is 6.43. The number of rotatable bonds is 6. The van der Waals surface area contributed by atoms with Gasteiger partial charge >= 0.3 is 6.09 Å². The van der Waals surface area contributed by atoms with Gasteiger partial charge in [0.15, 0.2) is 0 Å². The molecule has 0 aliphatic carbocycles. The quantitative estimate of drug-likeness (QED) is 0.793. The molecule has 110 valence electrons. The van der Waals surface area contributed by atoms with Crippen molar-refractivity contribution in [2.75, 3.05) is 19.7 Å². The number of hydrogen-bond donors (Lipinski definition) is 2. The van der Waals surface area contributed by atoms with Crippen molar-refractivity contribution in [1.29, 1.82) is 0 Å². The molecule has 0 aliphatic rings. The number of hydrogen-bond acceptors (Lipinski definition) is 3. The van der Waals surface area contributed by atoms with E-state index < -0.39 is 6.09 Å². The first-order chi connectivity index (χ1) is 9.49. The van der Waals surface area contributed by atoms with Gasteiger partial charge in [-0.2, -0.15) is 0 Å². The van der Waals surface area contributed by atoms with Crippen LogP contribution in [0, 0.1) is 5.92 Å². The third kappa shape index (κ3) is 6.43. The molecule has 0 fully saturated rings. The molecule has 2 amide bonds. The lowest BCUT2D eigenvalue weighted by Gasteiger charge is -2.09. The van der Waals surface area contributed by atoms with Crippen LogP contribution >= 0.6 is 11.6 Å². The fourth-order valence-electron chi connectivity index (χ4n) is 1.37. The molecule has 6 heteroatoms. The molecule has 20 heavy (non-hydrogen) atoms. The van der Waals surface area contributed by atoms with Crippen molar-refractivity contribution < 1.29 is 14.3 Å². The van der Waals surface area contributed by atoms with Crippen molar-refractivity contribution in [3.63, 3.8) is 0 Å². The van der Waals surface area contributed by atoms with Gasteiger partial charge in [-0.1, -0.05) is 31.5 Å². The van der Waals surface area contributed by atoms with Gasteiger partial charge in [-0.3, -0.25) is 4.79 Å².